The third-order valence-electron chi connectivity index (χ3n) is 3.39. The highest BCUT2D eigenvalue weighted by Gasteiger charge is 2.18. The molecule has 3 aromatic rings. The van der Waals surface area contributed by atoms with E-state index in [1.54, 1.807) is 11.3 Å². The molecule has 0 aliphatic carbocycles. The summed E-state index contributed by atoms with van der Waals surface area (Å²) in [5.74, 6) is 1.14. The van der Waals surface area contributed by atoms with Crippen LogP contribution in [0.2, 0.25) is 5.02 Å². The fourth-order valence-corrected chi connectivity index (χ4v) is 3.07. The minimum atomic E-state index is -0.0461. The molecular formula is C16H16ClN3OS. The summed E-state index contributed by atoms with van der Waals surface area (Å²) in [6, 6.07) is 11.8. The van der Waals surface area contributed by atoms with Gasteiger partial charge in [-0.05, 0) is 43.0 Å². The molecule has 1 N–H and O–H groups in total. The van der Waals surface area contributed by atoms with Crippen molar-refractivity contribution >= 4 is 22.9 Å². The third-order valence-corrected chi connectivity index (χ3v) is 4.48. The van der Waals surface area contributed by atoms with E-state index in [4.69, 9.17) is 16.0 Å². The van der Waals surface area contributed by atoms with Crippen molar-refractivity contribution in [2.75, 3.05) is 0 Å². The van der Waals surface area contributed by atoms with E-state index in [9.17, 15) is 0 Å². The minimum absolute atomic E-state index is 0.0461. The summed E-state index contributed by atoms with van der Waals surface area (Å²) in [7, 11) is 0. The molecule has 0 spiro atoms. The second kappa shape index (κ2) is 6.60. The van der Waals surface area contributed by atoms with Gasteiger partial charge in [0.1, 0.15) is 0 Å². The molecule has 1 aromatic carbocycles. The number of hydrogen-bond acceptors (Lipinski definition) is 5. The van der Waals surface area contributed by atoms with Crippen molar-refractivity contribution in [1.82, 2.24) is 15.5 Å². The van der Waals surface area contributed by atoms with Gasteiger partial charge in [0.15, 0.2) is 0 Å². The molecular weight excluding hydrogens is 318 g/mol. The van der Waals surface area contributed by atoms with Crippen LogP contribution in [0.1, 0.15) is 37.4 Å². The van der Waals surface area contributed by atoms with Crippen molar-refractivity contribution in [2.24, 2.45) is 0 Å². The maximum absolute atomic E-state index is 6.04. The van der Waals surface area contributed by atoms with Gasteiger partial charge in [0, 0.05) is 11.1 Å². The number of aromatic nitrogens is 2. The summed E-state index contributed by atoms with van der Waals surface area (Å²) in [5, 5.41) is 14.4. The summed E-state index contributed by atoms with van der Waals surface area (Å²) < 4.78 is 5.75. The second-order valence-corrected chi connectivity index (χ2v) is 6.47. The van der Waals surface area contributed by atoms with Crippen LogP contribution < -0.4 is 5.32 Å². The molecule has 2 atom stereocenters. The van der Waals surface area contributed by atoms with Crippen LogP contribution in [0.3, 0.4) is 0 Å². The second-order valence-electron chi connectivity index (χ2n) is 5.09. The van der Waals surface area contributed by atoms with E-state index in [0.717, 1.165) is 15.5 Å². The quantitative estimate of drug-likeness (QED) is 0.724. The number of halogens is 1. The Bertz CT molecular complexity index is 741. The molecule has 0 aliphatic heterocycles. The molecule has 0 saturated heterocycles. The zero-order chi connectivity index (χ0) is 15.5. The van der Waals surface area contributed by atoms with Gasteiger partial charge in [-0.2, -0.15) is 0 Å². The van der Waals surface area contributed by atoms with E-state index in [2.05, 4.69) is 22.4 Å². The third kappa shape index (κ3) is 3.38. The molecule has 0 unspecified atom stereocenters. The standard InChI is InChI=1S/C16H16ClN3OS/c1-10(12-5-3-6-13(17)9-12)18-11(2)15-19-20-16(21-15)14-7-4-8-22-14/h3-11,18H,1-2H3/t10-,11+/m1/s1. The van der Waals surface area contributed by atoms with Gasteiger partial charge in [-0.3, -0.25) is 5.32 Å². The largest absolute Gasteiger partial charge is 0.418 e. The summed E-state index contributed by atoms with van der Waals surface area (Å²) in [4.78, 5) is 0.980. The molecule has 2 heterocycles. The van der Waals surface area contributed by atoms with Gasteiger partial charge >= 0.3 is 0 Å². The number of benzene rings is 1. The van der Waals surface area contributed by atoms with E-state index in [1.165, 1.54) is 0 Å². The number of thiophene rings is 1. The summed E-state index contributed by atoms with van der Waals surface area (Å²) >= 11 is 7.62. The van der Waals surface area contributed by atoms with Crippen LogP contribution in [0.4, 0.5) is 0 Å². The normalized spacial score (nSPS) is 14.0. The van der Waals surface area contributed by atoms with Gasteiger partial charge < -0.3 is 4.42 Å². The average molecular weight is 334 g/mol. The Labute approximate surface area is 138 Å². The SMILES string of the molecule is C[C@H](N[C@H](C)c1cccc(Cl)c1)c1nnc(-c2cccs2)o1. The van der Waals surface area contributed by atoms with E-state index >= 15 is 0 Å². The van der Waals surface area contributed by atoms with Crippen LogP contribution in [-0.2, 0) is 0 Å². The number of nitrogens with zero attached hydrogens (tertiary/aromatic N) is 2. The molecule has 0 saturated carbocycles. The number of nitrogens with one attached hydrogen (secondary N) is 1. The highest BCUT2D eigenvalue weighted by Crippen LogP contribution is 2.26. The van der Waals surface area contributed by atoms with Gasteiger partial charge in [-0.15, -0.1) is 21.5 Å². The smallest absolute Gasteiger partial charge is 0.257 e. The topological polar surface area (TPSA) is 51.0 Å². The van der Waals surface area contributed by atoms with Gasteiger partial charge in [-0.1, -0.05) is 29.8 Å². The van der Waals surface area contributed by atoms with Crippen LogP contribution in [0, 0.1) is 0 Å². The van der Waals surface area contributed by atoms with Gasteiger partial charge in [-0.25, -0.2) is 0 Å². The number of hydrogen-bond donors (Lipinski definition) is 1. The maximum Gasteiger partial charge on any atom is 0.257 e. The number of rotatable bonds is 5. The lowest BCUT2D eigenvalue weighted by Crippen LogP contribution is -2.22. The molecule has 0 fully saturated rings. The predicted molar refractivity (Wildman–Crippen MR) is 89.0 cm³/mol. The van der Waals surface area contributed by atoms with Crippen molar-refractivity contribution in [1.29, 1.82) is 0 Å². The van der Waals surface area contributed by atoms with Gasteiger partial charge in [0.25, 0.3) is 5.89 Å². The Hall–Kier alpha value is -1.69. The van der Waals surface area contributed by atoms with Crippen molar-refractivity contribution in [3.8, 4) is 10.8 Å². The molecule has 3 rings (SSSR count). The summed E-state index contributed by atoms with van der Waals surface area (Å²) in [5.41, 5.74) is 1.12. The summed E-state index contributed by atoms with van der Waals surface area (Å²) in [6.07, 6.45) is 0. The Morgan fingerprint density at radius 2 is 2.00 bits per heavy atom. The van der Waals surface area contributed by atoms with Crippen molar-refractivity contribution < 1.29 is 4.42 Å². The van der Waals surface area contributed by atoms with Crippen LogP contribution in [0.25, 0.3) is 10.8 Å². The Morgan fingerprint density at radius 1 is 1.14 bits per heavy atom. The van der Waals surface area contributed by atoms with Crippen molar-refractivity contribution in [3.63, 3.8) is 0 Å². The fourth-order valence-electron chi connectivity index (χ4n) is 2.23. The average Bonchev–Trinajstić information content (AvgIpc) is 3.18. The highest BCUT2D eigenvalue weighted by molar-refractivity contribution is 7.13. The first kappa shape index (κ1) is 15.2. The predicted octanol–water partition coefficient (Wildman–Crippen LogP) is 4.86. The Kier molecular flexibility index (Phi) is 4.57. The lowest BCUT2D eigenvalue weighted by molar-refractivity contribution is 0.395. The summed E-state index contributed by atoms with van der Waals surface area (Å²) in [6.45, 7) is 4.09. The highest BCUT2D eigenvalue weighted by atomic mass is 35.5. The first-order valence-electron chi connectivity index (χ1n) is 7.02. The zero-order valence-electron chi connectivity index (χ0n) is 12.3. The Balaban J connectivity index is 1.70. The monoisotopic (exact) mass is 333 g/mol. The molecule has 4 nitrogen and oxygen atoms in total. The van der Waals surface area contributed by atoms with E-state index in [0.29, 0.717) is 11.8 Å². The van der Waals surface area contributed by atoms with Crippen molar-refractivity contribution in [2.45, 2.75) is 25.9 Å². The molecule has 114 valence electrons. The van der Waals surface area contributed by atoms with E-state index in [-0.39, 0.29) is 12.1 Å². The molecule has 0 aliphatic rings. The fraction of sp³-hybridized carbons (Fsp3) is 0.250. The van der Waals surface area contributed by atoms with E-state index in [1.807, 2.05) is 48.7 Å². The Morgan fingerprint density at radius 3 is 2.73 bits per heavy atom. The zero-order valence-corrected chi connectivity index (χ0v) is 13.9. The molecule has 0 amide bonds. The molecule has 0 bridgehead atoms. The molecule has 2 aromatic heterocycles. The van der Waals surface area contributed by atoms with Crippen LogP contribution in [-0.4, -0.2) is 10.2 Å². The molecule has 0 radical (unpaired) electrons. The maximum atomic E-state index is 6.04. The van der Waals surface area contributed by atoms with Crippen LogP contribution >= 0.6 is 22.9 Å². The minimum Gasteiger partial charge on any atom is -0.418 e. The molecule has 6 heteroatoms. The van der Waals surface area contributed by atoms with Crippen LogP contribution in [0.5, 0.6) is 0 Å². The first-order valence-corrected chi connectivity index (χ1v) is 8.28. The van der Waals surface area contributed by atoms with Gasteiger partial charge in [0.05, 0.1) is 10.9 Å². The van der Waals surface area contributed by atoms with Gasteiger partial charge in [0.2, 0.25) is 5.89 Å². The van der Waals surface area contributed by atoms with Crippen molar-refractivity contribution in [3.05, 3.63) is 58.3 Å². The lowest BCUT2D eigenvalue weighted by atomic mass is 10.1. The first-order chi connectivity index (χ1) is 10.6. The van der Waals surface area contributed by atoms with Crippen LogP contribution in [0.15, 0.2) is 46.2 Å². The van der Waals surface area contributed by atoms with E-state index < -0.39 is 0 Å². The molecule has 22 heavy (non-hydrogen) atoms. The lowest BCUT2D eigenvalue weighted by Gasteiger charge is -2.18.